The van der Waals surface area contributed by atoms with Gasteiger partial charge in [0.1, 0.15) is 17.2 Å². The number of nitrogens with zero attached hydrogens (tertiary/aromatic N) is 1. The number of para-hydroxylation sites is 1. The van der Waals surface area contributed by atoms with E-state index in [2.05, 4.69) is 0 Å². The Morgan fingerprint density at radius 2 is 1.96 bits per heavy atom. The number of benzene rings is 2. The fourth-order valence-electron chi connectivity index (χ4n) is 2.43. The lowest BCUT2D eigenvalue weighted by atomic mass is 10.1. The van der Waals surface area contributed by atoms with Crippen molar-refractivity contribution in [1.29, 1.82) is 0 Å². The van der Waals surface area contributed by atoms with Crippen molar-refractivity contribution in [2.45, 2.75) is 13.0 Å². The zero-order chi connectivity index (χ0) is 16.6. The van der Waals surface area contributed by atoms with Crippen LogP contribution in [0.4, 0.5) is 4.39 Å². The van der Waals surface area contributed by atoms with Crippen molar-refractivity contribution in [2.24, 2.45) is 0 Å². The van der Waals surface area contributed by atoms with Crippen LogP contribution in [0.5, 0.6) is 0 Å². The zero-order valence-electron chi connectivity index (χ0n) is 12.7. The molecule has 0 aliphatic rings. The minimum atomic E-state index is -0.633. The number of hydrogen-bond acceptors (Lipinski definition) is 2. The summed E-state index contributed by atoms with van der Waals surface area (Å²) in [6.45, 7) is 1.84. The minimum Gasteiger partial charge on any atom is -0.459 e. The summed E-state index contributed by atoms with van der Waals surface area (Å²) in [5, 5.41) is 1.22. The Labute approximate surface area is 138 Å². The van der Waals surface area contributed by atoms with Crippen LogP contribution in [-0.2, 0) is 0 Å². The molecule has 0 spiro atoms. The van der Waals surface area contributed by atoms with Gasteiger partial charge in [0.2, 0.25) is 0 Å². The van der Waals surface area contributed by atoms with Gasteiger partial charge in [-0.2, -0.15) is 0 Å². The third-order valence-corrected chi connectivity index (χ3v) is 4.15. The highest BCUT2D eigenvalue weighted by Gasteiger charge is 2.24. The maximum absolute atomic E-state index is 13.9. The molecule has 3 aromatic rings. The molecule has 0 fully saturated rings. The van der Waals surface area contributed by atoms with E-state index < -0.39 is 11.7 Å². The number of carbonyl (C=O) groups excluding carboxylic acids is 1. The van der Waals surface area contributed by atoms with Crippen molar-refractivity contribution >= 4 is 28.5 Å². The SMILES string of the molecule is CC(c1cc2ccccc2o1)N(C)C(=O)c1ccc(Cl)cc1F. The summed E-state index contributed by atoms with van der Waals surface area (Å²) in [5.41, 5.74) is 0.743. The molecule has 0 saturated carbocycles. The lowest BCUT2D eigenvalue weighted by molar-refractivity contribution is 0.0723. The van der Waals surface area contributed by atoms with Gasteiger partial charge in [-0.3, -0.25) is 4.79 Å². The van der Waals surface area contributed by atoms with Crippen LogP contribution in [0.25, 0.3) is 11.0 Å². The van der Waals surface area contributed by atoms with E-state index in [4.69, 9.17) is 16.0 Å². The van der Waals surface area contributed by atoms with Gasteiger partial charge in [0.15, 0.2) is 0 Å². The Morgan fingerprint density at radius 1 is 1.22 bits per heavy atom. The van der Waals surface area contributed by atoms with Gasteiger partial charge in [-0.15, -0.1) is 0 Å². The number of fused-ring (bicyclic) bond motifs is 1. The van der Waals surface area contributed by atoms with Crippen LogP contribution < -0.4 is 0 Å². The summed E-state index contributed by atoms with van der Waals surface area (Å²) in [6, 6.07) is 13.2. The average molecular weight is 332 g/mol. The van der Waals surface area contributed by atoms with E-state index in [1.54, 1.807) is 7.05 Å². The molecule has 5 heteroatoms. The molecule has 1 unspecified atom stereocenters. The minimum absolute atomic E-state index is 0.0140. The molecule has 0 N–H and O–H groups in total. The molecule has 3 rings (SSSR count). The van der Waals surface area contributed by atoms with Gasteiger partial charge in [0, 0.05) is 17.5 Å². The second-order valence-electron chi connectivity index (χ2n) is 5.40. The number of halogens is 2. The van der Waals surface area contributed by atoms with E-state index in [1.165, 1.54) is 17.0 Å². The first-order valence-corrected chi connectivity index (χ1v) is 7.56. The highest BCUT2D eigenvalue weighted by Crippen LogP contribution is 2.28. The molecule has 23 heavy (non-hydrogen) atoms. The number of carbonyl (C=O) groups is 1. The fourth-order valence-corrected chi connectivity index (χ4v) is 2.59. The normalized spacial score (nSPS) is 12.3. The molecule has 1 heterocycles. The topological polar surface area (TPSA) is 33.5 Å². The van der Waals surface area contributed by atoms with Gasteiger partial charge in [0.25, 0.3) is 5.91 Å². The van der Waals surface area contributed by atoms with Crippen molar-refractivity contribution in [3.63, 3.8) is 0 Å². The number of hydrogen-bond donors (Lipinski definition) is 0. The lowest BCUT2D eigenvalue weighted by Crippen LogP contribution is -2.30. The van der Waals surface area contributed by atoms with E-state index >= 15 is 0 Å². The summed E-state index contributed by atoms with van der Waals surface area (Å²) in [6.07, 6.45) is 0. The first kappa shape index (κ1) is 15.6. The molecule has 2 aromatic carbocycles. The molecular weight excluding hydrogens is 317 g/mol. The Morgan fingerprint density at radius 3 is 2.65 bits per heavy atom. The largest absolute Gasteiger partial charge is 0.459 e. The molecule has 1 atom stereocenters. The predicted molar refractivity (Wildman–Crippen MR) is 88.1 cm³/mol. The van der Waals surface area contributed by atoms with Crippen LogP contribution in [0.15, 0.2) is 52.9 Å². The van der Waals surface area contributed by atoms with Crippen LogP contribution in [0.1, 0.15) is 29.1 Å². The Balaban J connectivity index is 1.89. The molecule has 118 valence electrons. The van der Waals surface area contributed by atoms with Crippen molar-refractivity contribution in [3.8, 4) is 0 Å². The van der Waals surface area contributed by atoms with Gasteiger partial charge < -0.3 is 9.32 Å². The second-order valence-corrected chi connectivity index (χ2v) is 5.84. The smallest absolute Gasteiger partial charge is 0.257 e. The van der Waals surface area contributed by atoms with Crippen molar-refractivity contribution in [2.75, 3.05) is 7.05 Å². The lowest BCUT2D eigenvalue weighted by Gasteiger charge is -2.23. The second kappa shape index (κ2) is 6.05. The number of furan rings is 1. The quantitative estimate of drug-likeness (QED) is 0.672. The van der Waals surface area contributed by atoms with E-state index in [-0.39, 0.29) is 16.6 Å². The van der Waals surface area contributed by atoms with Gasteiger partial charge >= 0.3 is 0 Å². The van der Waals surface area contributed by atoms with Crippen LogP contribution >= 0.6 is 11.6 Å². The first-order valence-electron chi connectivity index (χ1n) is 7.18. The summed E-state index contributed by atoms with van der Waals surface area (Å²) < 4.78 is 19.7. The average Bonchev–Trinajstić information content (AvgIpc) is 2.97. The third kappa shape index (κ3) is 2.94. The van der Waals surface area contributed by atoms with Crippen LogP contribution in [0, 0.1) is 5.82 Å². The van der Waals surface area contributed by atoms with Crippen molar-refractivity contribution in [1.82, 2.24) is 4.90 Å². The van der Waals surface area contributed by atoms with Gasteiger partial charge in [0.05, 0.1) is 11.6 Å². The van der Waals surface area contributed by atoms with Gasteiger partial charge in [-0.05, 0) is 37.3 Å². The van der Waals surface area contributed by atoms with Crippen LogP contribution in [0.3, 0.4) is 0 Å². The predicted octanol–water partition coefficient (Wildman–Crippen LogP) is 5.06. The van der Waals surface area contributed by atoms with Crippen molar-refractivity contribution in [3.05, 3.63) is 70.7 Å². The molecule has 0 aliphatic carbocycles. The highest BCUT2D eigenvalue weighted by molar-refractivity contribution is 6.30. The standard InChI is InChI=1S/C18H15ClFNO2/c1-11(17-9-12-5-3-4-6-16(12)23-17)21(2)18(22)14-8-7-13(19)10-15(14)20/h3-11H,1-2H3. The molecule has 0 bridgehead atoms. The van der Waals surface area contributed by atoms with Gasteiger partial charge in [-0.25, -0.2) is 4.39 Å². The molecular formula is C18H15ClFNO2. The Bertz CT molecular complexity index is 841. The van der Waals surface area contributed by atoms with Gasteiger partial charge in [-0.1, -0.05) is 29.8 Å². The van der Waals surface area contributed by atoms with Crippen LogP contribution in [-0.4, -0.2) is 17.9 Å². The maximum Gasteiger partial charge on any atom is 0.257 e. The molecule has 1 amide bonds. The van der Waals surface area contributed by atoms with Crippen LogP contribution in [0.2, 0.25) is 5.02 Å². The first-order chi connectivity index (χ1) is 11.0. The summed E-state index contributed by atoms with van der Waals surface area (Å²) in [5.74, 6) is -0.408. The fraction of sp³-hybridized carbons (Fsp3) is 0.167. The summed E-state index contributed by atoms with van der Waals surface area (Å²) >= 11 is 5.72. The third-order valence-electron chi connectivity index (χ3n) is 3.92. The van der Waals surface area contributed by atoms with E-state index in [0.717, 1.165) is 17.0 Å². The number of rotatable bonds is 3. The highest BCUT2D eigenvalue weighted by atomic mass is 35.5. The molecule has 0 radical (unpaired) electrons. The molecule has 0 saturated heterocycles. The summed E-state index contributed by atoms with van der Waals surface area (Å²) in [7, 11) is 1.62. The molecule has 1 aromatic heterocycles. The molecule has 0 aliphatic heterocycles. The van der Waals surface area contributed by atoms with Crippen molar-refractivity contribution < 1.29 is 13.6 Å². The Kier molecular flexibility index (Phi) is 4.09. The summed E-state index contributed by atoms with van der Waals surface area (Å²) in [4.78, 5) is 14.0. The van der Waals surface area contributed by atoms with E-state index in [0.29, 0.717) is 5.76 Å². The number of amides is 1. The van der Waals surface area contributed by atoms with E-state index in [1.807, 2.05) is 37.3 Å². The van der Waals surface area contributed by atoms with E-state index in [9.17, 15) is 9.18 Å². The maximum atomic E-state index is 13.9. The monoisotopic (exact) mass is 331 g/mol. The zero-order valence-corrected chi connectivity index (χ0v) is 13.5. The molecule has 3 nitrogen and oxygen atoms in total. The Hall–Kier alpha value is -2.33.